The van der Waals surface area contributed by atoms with Gasteiger partial charge in [-0.1, -0.05) is 32.0 Å². The van der Waals surface area contributed by atoms with Gasteiger partial charge in [0.05, 0.1) is 0 Å². The molecule has 2 N–H and O–H groups in total. The van der Waals surface area contributed by atoms with Crippen molar-refractivity contribution in [3.05, 3.63) is 29.3 Å². The van der Waals surface area contributed by atoms with Gasteiger partial charge in [-0.3, -0.25) is 4.90 Å². The molecule has 1 fully saturated rings. The van der Waals surface area contributed by atoms with Gasteiger partial charge >= 0.3 is 7.12 Å². The summed E-state index contributed by atoms with van der Waals surface area (Å²) in [5.74, 6) is 0. The summed E-state index contributed by atoms with van der Waals surface area (Å²) in [5, 5.41) is 18.3. The van der Waals surface area contributed by atoms with Gasteiger partial charge in [0.1, 0.15) is 0 Å². The fourth-order valence-corrected chi connectivity index (χ4v) is 2.54. The molecule has 1 aromatic carbocycles. The van der Waals surface area contributed by atoms with Gasteiger partial charge in [-0.2, -0.15) is 0 Å². The van der Waals surface area contributed by atoms with Gasteiger partial charge in [0.15, 0.2) is 0 Å². The lowest BCUT2D eigenvalue weighted by Crippen LogP contribution is -2.52. The van der Waals surface area contributed by atoms with Gasteiger partial charge < -0.3 is 10.0 Å². The van der Waals surface area contributed by atoms with Crippen LogP contribution in [0, 0.1) is 12.3 Å². The second-order valence-corrected chi connectivity index (χ2v) is 5.87. The Morgan fingerprint density at radius 1 is 1.29 bits per heavy atom. The molecule has 0 amide bonds. The average Bonchev–Trinajstić information content (AvgIpc) is 2.18. The molecule has 2 rings (SSSR count). The zero-order valence-electron chi connectivity index (χ0n) is 10.8. The van der Waals surface area contributed by atoms with Crippen molar-refractivity contribution in [1.82, 2.24) is 4.90 Å². The Morgan fingerprint density at radius 2 is 1.94 bits per heavy atom. The highest BCUT2D eigenvalue weighted by Gasteiger charge is 2.33. The number of rotatable bonds is 3. The molecule has 1 aliphatic rings. The monoisotopic (exact) mass is 233 g/mol. The fraction of sp³-hybridized carbons (Fsp3) is 0.538. The quantitative estimate of drug-likeness (QED) is 0.748. The van der Waals surface area contributed by atoms with Crippen LogP contribution < -0.4 is 5.46 Å². The van der Waals surface area contributed by atoms with E-state index in [1.165, 1.54) is 11.1 Å². The molecule has 17 heavy (non-hydrogen) atoms. The summed E-state index contributed by atoms with van der Waals surface area (Å²) in [6.07, 6.45) is 0. The third-order valence-electron chi connectivity index (χ3n) is 3.37. The van der Waals surface area contributed by atoms with Gasteiger partial charge in [-0.05, 0) is 28.9 Å². The molecular formula is C13H20BNO2. The predicted octanol–water partition coefficient (Wildman–Crippen LogP) is 0.517. The number of aryl methyl sites for hydroxylation is 1. The highest BCUT2D eigenvalue weighted by atomic mass is 16.4. The molecule has 92 valence electrons. The van der Waals surface area contributed by atoms with E-state index in [-0.39, 0.29) is 0 Å². The van der Waals surface area contributed by atoms with Crippen molar-refractivity contribution in [3.8, 4) is 0 Å². The molecule has 0 saturated carbocycles. The van der Waals surface area contributed by atoms with E-state index in [0.717, 1.165) is 19.6 Å². The lowest BCUT2D eigenvalue weighted by atomic mass is 9.78. The standard InChI is InChI=1S/C13H20BNO2/c1-10-4-5-12(14(16)17)6-11(10)7-15-8-13(2,3)9-15/h4-6,16-17H,7-9H2,1-3H3. The second-order valence-electron chi connectivity index (χ2n) is 5.87. The minimum Gasteiger partial charge on any atom is -0.423 e. The molecular weight excluding hydrogens is 213 g/mol. The van der Waals surface area contributed by atoms with Crippen molar-refractivity contribution >= 4 is 12.6 Å². The average molecular weight is 233 g/mol. The fourth-order valence-electron chi connectivity index (χ4n) is 2.54. The second kappa shape index (κ2) is 4.44. The third-order valence-corrected chi connectivity index (χ3v) is 3.37. The summed E-state index contributed by atoms with van der Waals surface area (Å²) >= 11 is 0. The van der Waals surface area contributed by atoms with E-state index in [2.05, 4.69) is 25.7 Å². The van der Waals surface area contributed by atoms with E-state index in [9.17, 15) is 0 Å². The maximum Gasteiger partial charge on any atom is 0.488 e. The Kier molecular flexibility index (Phi) is 3.30. The van der Waals surface area contributed by atoms with Crippen molar-refractivity contribution < 1.29 is 10.0 Å². The van der Waals surface area contributed by atoms with Crippen molar-refractivity contribution in [2.24, 2.45) is 5.41 Å². The van der Waals surface area contributed by atoms with Crippen molar-refractivity contribution in [1.29, 1.82) is 0 Å². The number of hydrogen-bond acceptors (Lipinski definition) is 3. The minimum atomic E-state index is -1.37. The SMILES string of the molecule is Cc1ccc(B(O)O)cc1CN1CC(C)(C)C1. The van der Waals surface area contributed by atoms with Crippen molar-refractivity contribution in [3.63, 3.8) is 0 Å². The molecule has 0 unspecified atom stereocenters. The molecule has 1 heterocycles. The Bertz CT molecular complexity index is 410. The first kappa shape index (κ1) is 12.6. The Balaban J connectivity index is 2.08. The summed E-state index contributed by atoms with van der Waals surface area (Å²) < 4.78 is 0. The molecule has 0 bridgehead atoms. The number of hydrogen-bond donors (Lipinski definition) is 2. The molecule has 0 aromatic heterocycles. The highest BCUT2D eigenvalue weighted by Crippen LogP contribution is 2.30. The molecule has 0 aliphatic carbocycles. The van der Waals surface area contributed by atoms with Gasteiger partial charge in [-0.15, -0.1) is 0 Å². The van der Waals surface area contributed by atoms with Crippen LogP contribution in [0.2, 0.25) is 0 Å². The first-order valence-corrected chi connectivity index (χ1v) is 6.05. The molecule has 1 aromatic rings. The summed E-state index contributed by atoms with van der Waals surface area (Å²) in [6, 6.07) is 5.61. The maximum absolute atomic E-state index is 9.17. The maximum atomic E-state index is 9.17. The van der Waals surface area contributed by atoms with Crippen molar-refractivity contribution in [2.75, 3.05) is 13.1 Å². The third kappa shape index (κ3) is 2.89. The predicted molar refractivity (Wildman–Crippen MR) is 70.1 cm³/mol. The Morgan fingerprint density at radius 3 is 2.47 bits per heavy atom. The van der Waals surface area contributed by atoms with E-state index in [4.69, 9.17) is 10.0 Å². The molecule has 0 spiro atoms. The molecule has 1 saturated heterocycles. The number of benzene rings is 1. The number of nitrogens with zero attached hydrogens (tertiary/aromatic N) is 1. The van der Waals surface area contributed by atoms with E-state index >= 15 is 0 Å². The van der Waals surface area contributed by atoms with Crippen LogP contribution in [-0.4, -0.2) is 35.2 Å². The normalized spacial score (nSPS) is 18.9. The van der Waals surface area contributed by atoms with Gasteiger partial charge in [0, 0.05) is 19.6 Å². The van der Waals surface area contributed by atoms with E-state index in [1.807, 2.05) is 12.1 Å². The number of likely N-dealkylation sites (tertiary alicyclic amines) is 1. The molecule has 0 radical (unpaired) electrons. The summed E-state index contributed by atoms with van der Waals surface area (Å²) in [6.45, 7) is 9.72. The van der Waals surface area contributed by atoms with Crippen LogP contribution in [0.25, 0.3) is 0 Å². The van der Waals surface area contributed by atoms with Crippen LogP contribution in [0.3, 0.4) is 0 Å². The van der Waals surface area contributed by atoms with Crippen LogP contribution in [0.4, 0.5) is 0 Å². The summed E-state index contributed by atoms with van der Waals surface area (Å²) in [5.41, 5.74) is 3.40. The van der Waals surface area contributed by atoms with E-state index in [1.54, 1.807) is 6.07 Å². The van der Waals surface area contributed by atoms with Gasteiger partial charge in [-0.25, -0.2) is 0 Å². The zero-order chi connectivity index (χ0) is 12.6. The first-order chi connectivity index (χ1) is 7.87. The summed E-state index contributed by atoms with van der Waals surface area (Å²) in [7, 11) is -1.37. The molecule has 4 heteroatoms. The van der Waals surface area contributed by atoms with Crippen LogP contribution in [0.5, 0.6) is 0 Å². The van der Waals surface area contributed by atoms with Crippen LogP contribution >= 0.6 is 0 Å². The van der Waals surface area contributed by atoms with E-state index in [0.29, 0.717) is 10.9 Å². The van der Waals surface area contributed by atoms with Crippen LogP contribution in [-0.2, 0) is 6.54 Å². The Labute approximate surface area is 103 Å². The highest BCUT2D eigenvalue weighted by molar-refractivity contribution is 6.58. The van der Waals surface area contributed by atoms with E-state index < -0.39 is 7.12 Å². The topological polar surface area (TPSA) is 43.7 Å². The zero-order valence-corrected chi connectivity index (χ0v) is 10.8. The lowest BCUT2D eigenvalue weighted by Gasteiger charge is -2.46. The molecule has 0 atom stereocenters. The smallest absolute Gasteiger partial charge is 0.423 e. The lowest BCUT2D eigenvalue weighted by molar-refractivity contribution is 0.0241. The minimum absolute atomic E-state index is 0.433. The van der Waals surface area contributed by atoms with Crippen molar-refractivity contribution in [2.45, 2.75) is 27.3 Å². The Hall–Kier alpha value is -0.835. The molecule has 3 nitrogen and oxygen atoms in total. The summed E-state index contributed by atoms with van der Waals surface area (Å²) in [4.78, 5) is 2.38. The largest absolute Gasteiger partial charge is 0.488 e. The first-order valence-electron chi connectivity index (χ1n) is 6.05. The molecule has 1 aliphatic heterocycles. The van der Waals surface area contributed by atoms with Gasteiger partial charge in [0.25, 0.3) is 0 Å². The van der Waals surface area contributed by atoms with Gasteiger partial charge in [0.2, 0.25) is 0 Å². The van der Waals surface area contributed by atoms with Crippen LogP contribution in [0.1, 0.15) is 25.0 Å². The van der Waals surface area contributed by atoms with Crippen LogP contribution in [0.15, 0.2) is 18.2 Å².